The lowest BCUT2D eigenvalue weighted by Crippen LogP contribution is -2.27. The third kappa shape index (κ3) is 1.82. The summed E-state index contributed by atoms with van der Waals surface area (Å²) >= 11 is 0. The first-order valence-corrected chi connectivity index (χ1v) is 4.15. The summed E-state index contributed by atoms with van der Waals surface area (Å²) in [6, 6.07) is 0. The molecule has 0 N–H and O–H groups in total. The lowest BCUT2D eigenvalue weighted by atomic mass is 10.1. The molecule has 0 amide bonds. The molecule has 1 saturated heterocycles. The Balaban J connectivity index is 2.49. The first-order chi connectivity index (χ1) is 5.19. The molecule has 1 heterocycles. The second kappa shape index (κ2) is 3.37. The van der Waals surface area contributed by atoms with Gasteiger partial charge in [0, 0.05) is 0 Å². The highest BCUT2D eigenvalue weighted by atomic mass is 16.7. The van der Waals surface area contributed by atoms with Crippen molar-refractivity contribution in [2.45, 2.75) is 32.5 Å². The van der Waals surface area contributed by atoms with Crippen LogP contribution in [0.3, 0.4) is 0 Å². The third-order valence-corrected chi connectivity index (χ3v) is 2.03. The molecule has 0 atom stereocenters. The maximum Gasteiger partial charge on any atom is 0.187 e. The molecule has 0 aromatic carbocycles. The van der Waals surface area contributed by atoms with Gasteiger partial charge in [-0.2, -0.15) is 0 Å². The van der Waals surface area contributed by atoms with E-state index in [4.69, 9.17) is 9.47 Å². The van der Waals surface area contributed by atoms with Crippen LogP contribution in [-0.2, 0) is 9.47 Å². The molecule has 11 heavy (non-hydrogen) atoms. The molecule has 0 unspecified atom stereocenters. The first-order valence-electron chi connectivity index (χ1n) is 4.15. The Labute approximate surface area is 68.2 Å². The highest BCUT2D eigenvalue weighted by Gasteiger charge is 2.33. The van der Waals surface area contributed by atoms with Crippen molar-refractivity contribution in [3.8, 4) is 0 Å². The fourth-order valence-electron chi connectivity index (χ4n) is 1.25. The number of hydrogen-bond donors (Lipinski definition) is 0. The van der Waals surface area contributed by atoms with Crippen molar-refractivity contribution in [1.29, 1.82) is 0 Å². The number of ether oxygens (including phenoxy) is 2. The Hall–Kier alpha value is -0.340. The van der Waals surface area contributed by atoms with Crippen molar-refractivity contribution in [3.05, 3.63) is 12.2 Å². The van der Waals surface area contributed by atoms with Gasteiger partial charge in [-0.15, -0.1) is 0 Å². The van der Waals surface area contributed by atoms with Gasteiger partial charge in [-0.25, -0.2) is 0 Å². The number of rotatable bonds is 3. The summed E-state index contributed by atoms with van der Waals surface area (Å²) in [4.78, 5) is 0. The Kier molecular flexibility index (Phi) is 2.68. The summed E-state index contributed by atoms with van der Waals surface area (Å²) in [6.07, 6.45) is 2.08. The molecule has 0 saturated carbocycles. The van der Waals surface area contributed by atoms with Gasteiger partial charge in [-0.05, 0) is 18.9 Å². The van der Waals surface area contributed by atoms with E-state index >= 15 is 0 Å². The lowest BCUT2D eigenvalue weighted by molar-refractivity contribution is -0.111. The molecule has 0 aliphatic carbocycles. The Bertz CT molecular complexity index is 146. The van der Waals surface area contributed by atoms with Gasteiger partial charge < -0.3 is 9.47 Å². The van der Waals surface area contributed by atoms with Crippen molar-refractivity contribution in [1.82, 2.24) is 0 Å². The molecule has 1 aliphatic heterocycles. The predicted octanol–water partition coefficient (Wildman–Crippen LogP) is 2.11. The molecule has 0 spiro atoms. The van der Waals surface area contributed by atoms with E-state index in [9.17, 15) is 0 Å². The van der Waals surface area contributed by atoms with Crippen molar-refractivity contribution in [2.24, 2.45) is 0 Å². The minimum Gasteiger partial charge on any atom is -0.344 e. The minimum absolute atomic E-state index is 0.490. The molecule has 64 valence electrons. The normalized spacial score (nSPS) is 22.0. The van der Waals surface area contributed by atoms with E-state index in [0.717, 1.165) is 18.4 Å². The van der Waals surface area contributed by atoms with Crippen LogP contribution in [0.1, 0.15) is 26.7 Å². The van der Waals surface area contributed by atoms with Gasteiger partial charge in [0.25, 0.3) is 0 Å². The van der Waals surface area contributed by atoms with E-state index in [1.165, 1.54) is 0 Å². The monoisotopic (exact) mass is 156 g/mol. The predicted molar refractivity (Wildman–Crippen MR) is 44.4 cm³/mol. The lowest BCUT2D eigenvalue weighted by Gasteiger charge is -2.24. The van der Waals surface area contributed by atoms with Crippen LogP contribution in [0.4, 0.5) is 0 Å². The first kappa shape index (κ1) is 8.75. The number of hydrogen-bond acceptors (Lipinski definition) is 2. The molecular formula is C9H16O2. The van der Waals surface area contributed by atoms with E-state index in [0.29, 0.717) is 13.2 Å². The van der Waals surface area contributed by atoms with Gasteiger partial charge in [0.05, 0.1) is 13.2 Å². The van der Waals surface area contributed by atoms with E-state index in [2.05, 4.69) is 13.5 Å². The van der Waals surface area contributed by atoms with Crippen LogP contribution < -0.4 is 0 Å². The van der Waals surface area contributed by atoms with Crippen LogP contribution in [-0.4, -0.2) is 19.0 Å². The third-order valence-electron chi connectivity index (χ3n) is 2.03. The van der Waals surface area contributed by atoms with Gasteiger partial charge in [-0.1, -0.05) is 19.9 Å². The molecule has 2 nitrogen and oxygen atoms in total. The summed E-state index contributed by atoms with van der Waals surface area (Å²) in [5.74, 6) is -0.490. The average molecular weight is 156 g/mol. The fraction of sp³-hybridized carbons (Fsp3) is 0.778. The van der Waals surface area contributed by atoms with Crippen molar-refractivity contribution in [2.75, 3.05) is 13.2 Å². The molecule has 1 aliphatic rings. The van der Waals surface area contributed by atoms with Gasteiger partial charge in [0.1, 0.15) is 0 Å². The second-order valence-electron chi connectivity index (χ2n) is 3.00. The van der Waals surface area contributed by atoms with E-state index in [1.807, 2.05) is 6.92 Å². The standard InChI is InChI=1S/C9H16O2/c1-4-5-8(2)9(3)10-6-7-11-9/h2,4-7H2,1,3H3. The van der Waals surface area contributed by atoms with Gasteiger partial charge in [0.2, 0.25) is 0 Å². The van der Waals surface area contributed by atoms with E-state index in [1.54, 1.807) is 0 Å². The van der Waals surface area contributed by atoms with Crippen LogP contribution in [0.5, 0.6) is 0 Å². The summed E-state index contributed by atoms with van der Waals surface area (Å²) in [6.45, 7) is 9.41. The van der Waals surface area contributed by atoms with Gasteiger partial charge in [-0.3, -0.25) is 0 Å². The Morgan fingerprint density at radius 2 is 2.00 bits per heavy atom. The molecule has 1 fully saturated rings. The van der Waals surface area contributed by atoms with Crippen molar-refractivity contribution < 1.29 is 9.47 Å². The van der Waals surface area contributed by atoms with Crippen LogP contribution in [0.2, 0.25) is 0 Å². The molecular weight excluding hydrogens is 140 g/mol. The zero-order chi connectivity index (χ0) is 8.32. The highest BCUT2D eigenvalue weighted by molar-refractivity contribution is 5.07. The summed E-state index contributed by atoms with van der Waals surface area (Å²) in [5.41, 5.74) is 1.05. The van der Waals surface area contributed by atoms with E-state index < -0.39 is 5.79 Å². The van der Waals surface area contributed by atoms with Crippen LogP contribution >= 0.6 is 0 Å². The molecule has 0 aromatic heterocycles. The molecule has 0 aromatic rings. The van der Waals surface area contributed by atoms with Crippen molar-refractivity contribution in [3.63, 3.8) is 0 Å². The molecule has 0 radical (unpaired) electrons. The van der Waals surface area contributed by atoms with Crippen molar-refractivity contribution >= 4 is 0 Å². The zero-order valence-electron chi connectivity index (χ0n) is 7.35. The summed E-state index contributed by atoms with van der Waals surface area (Å²) in [5, 5.41) is 0. The Morgan fingerprint density at radius 3 is 2.45 bits per heavy atom. The van der Waals surface area contributed by atoms with Gasteiger partial charge in [0.15, 0.2) is 5.79 Å². The quantitative estimate of drug-likeness (QED) is 0.582. The smallest absolute Gasteiger partial charge is 0.187 e. The summed E-state index contributed by atoms with van der Waals surface area (Å²) < 4.78 is 10.9. The molecule has 0 bridgehead atoms. The topological polar surface area (TPSA) is 18.5 Å². The second-order valence-corrected chi connectivity index (χ2v) is 3.00. The largest absolute Gasteiger partial charge is 0.344 e. The summed E-state index contributed by atoms with van der Waals surface area (Å²) in [7, 11) is 0. The van der Waals surface area contributed by atoms with Crippen LogP contribution in [0.25, 0.3) is 0 Å². The maximum absolute atomic E-state index is 5.43. The zero-order valence-corrected chi connectivity index (χ0v) is 7.35. The SMILES string of the molecule is C=C(CCC)C1(C)OCCO1. The average Bonchev–Trinajstić information content (AvgIpc) is 2.38. The van der Waals surface area contributed by atoms with E-state index in [-0.39, 0.29) is 0 Å². The Morgan fingerprint density at radius 1 is 1.45 bits per heavy atom. The molecule has 1 rings (SSSR count). The molecule has 2 heteroatoms. The van der Waals surface area contributed by atoms with Crippen LogP contribution in [0, 0.1) is 0 Å². The maximum atomic E-state index is 5.43. The van der Waals surface area contributed by atoms with Gasteiger partial charge >= 0.3 is 0 Å². The fourth-order valence-corrected chi connectivity index (χ4v) is 1.25. The van der Waals surface area contributed by atoms with Crippen LogP contribution in [0.15, 0.2) is 12.2 Å². The highest BCUT2D eigenvalue weighted by Crippen LogP contribution is 2.28. The minimum atomic E-state index is -0.490.